The van der Waals surface area contributed by atoms with Crippen LogP contribution < -0.4 is 0 Å². The van der Waals surface area contributed by atoms with Crippen molar-refractivity contribution >= 4 is 0 Å². The molecule has 1 N–H and O–H groups in total. The van der Waals surface area contributed by atoms with Gasteiger partial charge in [0.05, 0.1) is 18.2 Å². The van der Waals surface area contributed by atoms with E-state index in [2.05, 4.69) is 10.0 Å². The summed E-state index contributed by atoms with van der Waals surface area (Å²) >= 11 is 0. The maximum absolute atomic E-state index is 9.54. The second-order valence-electron chi connectivity index (χ2n) is 3.01. The van der Waals surface area contributed by atoms with E-state index in [-0.39, 0.29) is 6.10 Å². The van der Waals surface area contributed by atoms with Crippen LogP contribution in [0.1, 0.15) is 13.3 Å². The van der Waals surface area contributed by atoms with Crippen molar-refractivity contribution < 1.29 is 14.6 Å². The number of rotatable bonds is 2. The Bertz CT molecular complexity index is 217. The lowest BCUT2D eigenvalue weighted by molar-refractivity contribution is -0.211. The Balaban J connectivity index is 2.65. The molecule has 6 heteroatoms. The van der Waals surface area contributed by atoms with Crippen LogP contribution in [-0.4, -0.2) is 36.8 Å². The van der Waals surface area contributed by atoms with Crippen LogP contribution >= 0.6 is 0 Å². The van der Waals surface area contributed by atoms with E-state index in [1.165, 1.54) is 7.11 Å². The fourth-order valence-electron chi connectivity index (χ4n) is 1.36. The Morgan fingerprint density at radius 3 is 2.92 bits per heavy atom. The fraction of sp³-hybridized carbons (Fsp3) is 1.00. The molecule has 0 aromatic carbocycles. The van der Waals surface area contributed by atoms with Crippen LogP contribution in [-0.2, 0) is 9.47 Å². The minimum Gasteiger partial charge on any atom is -0.390 e. The van der Waals surface area contributed by atoms with Crippen LogP contribution in [0, 0.1) is 0 Å². The third kappa shape index (κ3) is 2.32. The molecular weight excluding hydrogens is 174 g/mol. The lowest BCUT2D eigenvalue weighted by Gasteiger charge is -2.34. The number of aliphatic hydroxyl groups excluding tert-OH is 1. The SMILES string of the molecule is CO[C@H]1C[C@H](N=[N+]=[N-])[C@@H](O)[C@H](C)O1. The Kier molecular flexibility index (Phi) is 3.50. The minimum absolute atomic E-state index is 0.366. The molecule has 13 heavy (non-hydrogen) atoms. The number of hydrogen-bond donors (Lipinski definition) is 1. The molecule has 0 unspecified atom stereocenters. The van der Waals surface area contributed by atoms with Crippen molar-refractivity contribution in [1.82, 2.24) is 0 Å². The van der Waals surface area contributed by atoms with Crippen LogP contribution in [0.2, 0.25) is 0 Å². The third-order valence-corrected chi connectivity index (χ3v) is 2.14. The van der Waals surface area contributed by atoms with Crippen LogP contribution in [0.5, 0.6) is 0 Å². The zero-order chi connectivity index (χ0) is 9.84. The number of nitrogens with zero attached hydrogens (tertiary/aromatic N) is 3. The van der Waals surface area contributed by atoms with Gasteiger partial charge < -0.3 is 14.6 Å². The smallest absolute Gasteiger partial charge is 0.158 e. The van der Waals surface area contributed by atoms with E-state index in [1.54, 1.807) is 6.92 Å². The highest BCUT2D eigenvalue weighted by Crippen LogP contribution is 2.22. The third-order valence-electron chi connectivity index (χ3n) is 2.14. The summed E-state index contributed by atoms with van der Waals surface area (Å²) in [4.78, 5) is 2.67. The number of azide groups is 1. The molecule has 1 aliphatic heterocycles. The zero-order valence-corrected chi connectivity index (χ0v) is 7.62. The first-order chi connectivity index (χ1) is 6.19. The molecule has 74 valence electrons. The van der Waals surface area contributed by atoms with E-state index in [0.29, 0.717) is 6.42 Å². The van der Waals surface area contributed by atoms with Crippen LogP contribution in [0.15, 0.2) is 5.11 Å². The summed E-state index contributed by atoms with van der Waals surface area (Å²) in [6.07, 6.45) is -1.11. The first-order valence-electron chi connectivity index (χ1n) is 4.09. The van der Waals surface area contributed by atoms with Gasteiger partial charge in [-0.15, -0.1) is 0 Å². The molecule has 1 fully saturated rings. The van der Waals surface area contributed by atoms with Crippen molar-refractivity contribution in [2.24, 2.45) is 5.11 Å². The van der Waals surface area contributed by atoms with Gasteiger partial charge in [-0.25, -0.2) is 0 Å². The average molecular weight is 187 g/mol. The predicted octanol–water partition coefficient (Wildman–Crippen LogP) is 0.807. The molecule has 0 spiro atoms. The highest BCUT2D eigenvalue weighted by molar-refractivity contribution is 4.85. The van der Waals surface area contributed by atoms with E-state index in [1.807, 2.05) is 0 Å². The first kappa shape index (κ1) is 10.3. The molecule has 0 aromatic rings. The van der Waals surface area contributed by atoms with E-state index in [0.717, 1.165) is 0 Å². The van der Waals surface area contributed by atoms with Gasteiger partial charge in [-0.3, -0.25) is 0 Å². The van der Waals surface area contributed by atoms with Crippen molar-refractivity contribution in [3.8, 4) is 0 Å². The van der Waals surface area contributed by atoms with Crippen molar-refractivity contribution in [3.05, 3.63) is 10.4 Å². The van der Waals surface area contributed by atoms with Gasteiger partial charge in [0.15, 0.2) is 6.29 Å². The normalized spacial score (nSPS) is 39.6. The molecule has 4 atom stereocenters. The Morgan fingerprint density at radius 1 is 1.69 bits per heavy atom. The molecule has 1 rings (SSSR count). The summed E-state index contributed by atoms with van der Waals surface area (Å²) in [7, 11) is 1.52. The maximum Gasteiger partial charge on any atom is 0.158 e. The molecule has 0 radical (unpaired) electrons. The van der Waals surface area contributed by atoms with Crippen molar-refractivity contribution in [3.63, 3.8) is 0 Å². The standard InChI is InChI=1S/C7H13N3O3/c1-4-7(11)5(9-10-8)3-6(12-2)13-4/h4-7,11H,3H2,1-2H3/t4-,5-,6+,7-/m0/s1. The zero-order valence-electron chi connectivity index (χ0n) is 7.62. The van der Waals surface area contributed by atoms with Crippen LogP contribution in [0.25, 0.3) is 10.4 Å². The largest absolute Gasteiger partial charge is 0.390 e. The second-order valence-corrected chi connectivity index (χ2v) is 3.01. The highest BCUT2D eigenvalue weighted by atomic mass is 16.7. The van der Waals surface area contributed by atoms with Gasteiger partial charge in [-0.1, -0.05) is 5.11 Å². The van der Waals surface area contributed by atoms with Gasteiger partial charge >= 0.3 is 0 Å². The summed E-state index contributed by atoms with van der Waals surface area (Å²) in [5.41, 5.74) is 8.25. The predicted molar refractivity (Wildman–Crippen MR) is 44.9 cm³/mol. The molecule has 0 amide bonds. The molecular formula is C7H13N3O3. The molecule has 0 bridgehead atoms. The molecule has 1 aliphatic rings. The number of aliphatic hydroxyl groups is 1. The van der Waals surface area contributed by atoms with Gasteiger partial charge in [0.2, 0.25) is 0 Å². The Hall–Kier alpha value is -0.810. The summed E-state index contributed by atoms with van der Waals surface area (Å²) in [5, 5.41) is 13.0. The maximum atomic E-state index is 9.54. The van der Waals surface area contributed by atoms with Crippen molar-refractivity contribution in [2.45, 2.75) is 37.9 Å². The highest BCUT2D eigenvalue weighted by Gasteiger charge is 2.34. The number of ether oxygens (including phenoxy) is 2. The summed E-state index contributed by atoms with van der Waals surface area (Å²) in [6, 6.07) is -0.460. The van der Waals surface area contributed by atoms with Gasteiger partial charge in [0.25, 0.3) is 0 Å². The van der Waals surface area contributed by atoms with Gasteiger partial charge in [-0.2, -0.15) is 0 Å². The van der Waals surface area contributed by atoms with E-state index >= 15 is 0 Å². The molecule has 1 saturated heterocycles. The van der Waals surface area contributed by atoms with E-state index in [9.17, 15) is 5.11 Å². The Labute approximate surface area is 76.1 Å². The molecule has 6 nitrogen and oxygen atoms in total. The van der Waals surface area contributed by atoms with Crippen LogP contribution in [0.3, 0.4) is 0 Å². The van der Waals surface area contributed by atoms with Crippen molar-refractivity contribution in [1.29, 1.82) is 0 Å². The van der Waals surface area contributed by atoms with Gasteiger partial charge in [-0.05, 0) is 12.5 Å². The summed E-state index contributed by atoms with van der Waals surface area (Å²) in [5.74, 6) is 0. The van der Waals surface area contributed by atoms with Crippen LogP contribution in [0.4, 0.5) is 0 Å². The molecule has 1 heterocycles. The lowest BCUT2D eigenvalue weighted by Crippen LogP contribution is -2.46. The fourth-order valence-corrected chi connectivity index (χ4v) is 1.36. The topological polar surface area (TPSA) is 87.5 Å². The Morgan fingerprint density at radius 2 is 2.38 bits per heavy atom. The molecule has 0 aliphatic carbocycles. The first-order valence-corrected chi connectivity index (χ1v) is 4.09. The second kappa shape index (κ2) is 4.43. The number of hydrogen-bond acceptors (Lipinski definition) is 4. The van der Waals surface area contributed by atoms with Crippen molar-refractivity contribution in [2.75, 3.05) is 7.11 Å². The number of methoxy groups -OCH3 is 1. The molecule has 0 aromatic heterocycles. The van der Waals surface area contributed by atoms with E-state index < -0.39 is 18.4 Å². The summed E-state index contributed by atoms with van der Waals surface area (Å²) < 4.78 is 10.2. The van der Waals surface area contributed by atoms with Gasteiger partial charge in [0, 0.05) is 18.4 Å². The lowest BCUT2D eigenvalue weighted by atomic mass is 10.0. The van der Waals surface area contributed by atoms with Gasteiger partial charge in [0.1, 0.15) is 0 Å². The van der Waals surface area contributed by atoms with E-state index in [4.69, 9.17) is 15.0 Å². The quantitative estimate of drug-likeness (QED) is 0.394. The monoisotopic (exact) mass is 187 g/mol. The summed E-state index contributed by atoms with van der Waals surface area (Å²) in [6.45, 7) is 1.72. The average Bonchev–Trinajstić information content (AvgIpc) is 2.13. The minimum atomic E-state index is -0.748. The molecule has 0 saturated carbocycles.